The maximum absolute atomic E-state index is 14.6. The minimum atomic E-state index is -0.474. The molecule has 1 aliphatic heterocycles. The second-order valence-electron chi connectivity index (χ2n) is 6.52. The van der Waals surface area contributed by atoms with Crippen LogP contribution in [0.3, 0.4) is 0 Å². The molecular formula is C20H23FN2O. The standard InChI is InChI=1S/C20H23FN2O/c1-13-5-6-15(10-14(13)2)16-7-8-18(19(21)11-16)20(24)23-9-3-4-17(23)12-22/h5-8,10-11,17H,3-4,9,12,22H2,1-2H3. The minimum Gasteiger partial charge on any atom is -0.334 e. The van der Waals surface area contributed by atoms with E-state index in [-0.39, 0.29) is 17.5 Å². The summed E-state index contributed by atoms with van der Waals surface area (Å²) in [6.07, 6.45) is 1.82. The lowest BCUT2D eigenvalue weighted by Crippen LogP contribution is -2.40. The van der Waals surface area contributed by atoms with Gasteiger partial charge in [-0.05, 0) is 61.1 Å². The number of halogens is 1. The van der Waals surface area contributed by atoms with Gasteiger partial charge in [0.25, 0.3) is 5.91 Å². The molecule has 1 unspecified atom stereocenters. The van der Waals surface area contributed by atoms with Crippen LogP contribution in [0.25, 0.3) is 11.1 Å². The van der Waals surface area contributed by atoms with Gasteiger partial charge < -0.3 is 10.6 Å². The number of carbonyl (C=O) groups is 1. The zero-order valence-corrected chi connectivity index (χ0v) is 14.2. The lowest BCUT2D eigenvalue weighted by atomic mass is 9.99. The summed E-state index contributed by atoms with van der Waals surface area (Å²) >= 11 is 0. The first kappa shape index (κ1) is 16.7. The fraction of sp³-hybridized carbons (Fsp3) is 0.350. The summed E-state index contributed by atoms with van der Waals surface area (Å²) in [5.74, 6) is -0.731. The predicted molar refractivity (Wildman–Crippen MR) is 94.4 cm³/mol. The lowest BCUT2D eigenvalue weighted by molar-refractivity contribution is 0.0736. The number of likely N-dealkylation sites (tertiary alicyclic amines) is 1. The molecule has 0 radical (unpaired) electrons. The Hall–Kier alpha value is -2.20. The zero-order valence-electron chi connectivity index (χ0n) is 14.2. The average molecular weight is 326 g/mol. The Bertz CT molecular complexity index is 772. The van der Waals surface area contributed by atoms with Crippen molar-refractivity contribution in [2.24, 2.45) is 5.73 Å². The van der Waals surface area contributed by atoms with Crippen LogP contribution >= 0.6 is 0 Å². The van der Waals surface area contributed by atoms with Gasteiger partial charge in [0.15, 0.2) is 0 Å². The Morgan fingerprint density at radius 2 is 1.88 bits per heavy atom. The van der Waals surface area contributed by atoms with Gasteiger partial charge in [-0.25, -0.2) is 4.39 Å². The molecular weight excluding hydrogens is 303 g/mol. The summed E-state index contributed by atoms with van der Waals surface area (Å²) in [4.78, 5) is 14.3. The SMILES string of the molecule is Cc1ccc(-c2ccc(C(=O)N3CCCC3CN)c(F)c2)cc1C. The number of hydrogen-bond acceptors (Lipinski definition) is 2. The van der Waals surface area contributed by atoms with Crippen LogP contribution in [0, 0.1) is 19.7 Å². The summed E-state index contributed by atoms with van der Waals surface area (Å²) in [6.45, 7) is 5.16. The summed E-state index contributed by atoms with van der Waals surface area (Å²) in [7, 11) is 0. The molecule has 0 saturated carbocycles. The second kappa shape index (κ2) is 6.73. The third kappa shape index (κ3) is 3.06. The second-order valence-corrected chi connectivity index (χ2v) is 6.52. The molecule has 4 heteroatoms. The molecule has 24 heavy (non-hydrogen) atoms. The van der Waals surface area contributed by atoms with Gasteiger partial charge in [-0.1, -0.05) is 24.3 Å². The van der Waals surface area contributed by atoms with Gasteiger partial charge in [0, 0.05) is 19.1 Å². The number of hydrogen-bond donors (Lipinski definition) is 1. The van der Waals surface area contributed by atoms with Crippen LogP contribution in [0.5, 0.6) is 0 Å². The van der Waals surface area contributed by atoms with Crippen molar-refractivity contribution in [1.82, 2.24) is 4.90 Å². The third-order valence-electron chi connectivity index (χ3n) is 4.95. The van der Waals surface area contributed by atoms with Gasteiger partial charge in [-0.2, -0.15) is 0 Å². The van der Waals surface area contributed by atoms with Crippen molar-refractivity contribution in [2.45, 2.75) is 32.7 Å². The topological polar surface area (TPSA) is 46.3 Å². The molecule has 1 saturated heterocycles. The van der Waals surface area contributed by atoms with E-state index in [1.54, 1.807) is 11.0 Å². The number of amides is 1. The predicted octanol–water partition coefficient (Wildman–Crippen LogP) is 3.67. The molecule has 1 aliphatic rings. The van der Waals surface area contributed by atoms with E-state index in [9.17, 15) is 9.18 Å². The molecule has 0 aromatic heterocycles. The first-order chi connectivity index (χ1) is 11.5. The molecule has 1 heterocycles. The van der Waals surface area contributed by atoms with Crippen molar-refractivity contribution in [3.8, 4) is 11.1 Å². The van der Waals surface area contributed by atoms with E-state index in [1.807, 2.05) is 38.1 Å². The molecule has 2 N–H and O–H groups in total. The van der Waals surface area contributed by atoms with Crippen molar-refractivity contribution < 1.29 is 9.18 Å². The number of nitrogens with zero attached hydrogens (tertiary/aromatic N) is 1. The molecule has 126 valence electrons. The molecule has 0 spiro atoms. The van der Waals surface area contributed by atoms with Gasteiger partial charge in [-0.15, -0.1) is 0 Å². The van der Waals surface area contributed by atoms with Crippen LogP contribution in [0.4, 0.5) is 4.39 Å². The Morgan fingerprint density at radius 1 is 1.17 bits per heavy atom. The van der Waals surface area contributed by atoms with Crippen molar-refractivity contribution >= 4 is 5.91 Å². The van der Waals surface area contributed by atoms with E-state index >= 15 is 0 Å². The van der Waals surface area contributed by atoms with E-state index in [1.165, 1.54) is 11.6 Å². The summed E-state index contributed by atoms with van der Waals surface area (Å²) in [5, 5.41) is 0. The van der Waals surface area contributed by atoms with Crippen molar-refractivity contribution in [3.05, 3.63) is 58.9 Å². The summed E-state index contributed by atoms with van der Waals surface area (Å²) in [6, 6.07) is 10.9. The summed E-state index contributed by atoms with van der Waals surface area (Å²) in [5.41, 5.74) is 9.95. The van der Waals surface area contributed by atoms with Crippen molar-refractivity contribution in [2.75, 3.05) is 13.1 Å². The number of nitrogens with two attached hydrogens (primary N) is 1. The highest BCUT2D eigenvalue weighted by atomic mass is 19.1. The Kier molecular flexibility index (Phi) is 4.67. The number of carbonyl (C=O) groups excluding carboxylic acids is 1. The van der Waals surface area contributed by atoms with Crippen molar-refractivity contribution in [1.29, 1.82) is 0 Å². The van der Waals surface area contributed by atoms with E-state index in [0.717, 1.165) is 29.5 Å². The monoisotopic (exact) mass is 326 g/mol. The largest absolute Gasteiger partial charge is 0.334 e. The van der Waals surface area contributed by atoms with E-state index < -0.39 is 5.82 Å². The minimum absolute atomic E-state index is 0.0244. The maximum atomic E-state index is 14.6. The van der Waals surface area contributed by atoms with Crippen LogP contribution < -0.4 is 5.73 Å². The molecule has 0 bridgehead atoms. The molecule has 3 nitrogen and oxygen atoms in total. The van der Waals surface area contributed by atoms with E-state index in [4.69, 9.17) is 5.73 Å². The van der Waals surface area contributed by atoms with E-state index in [2.05, 4.69) is 0 Å². The van der Waals surface area contributed by atoms with Gasteiger partial charge in [0.05, 0.1) is 5.56 Å². The smallest absolute Gasteiger partial charge is 0.257 e. The highest BCUT2D eigenvalue weighted by Crippen LogP contribution is 2.26. The van der Waals surface area contributed by atoms with Crippen LogP contribution in [0.2, 0.25) is 0 Å². The van der Waals surface area contributed by atoms with Crippen LogP contribution in [0.1, 0.15) is 34.3 Å². The molecule has 1 fully saturated rings. The van der Waals surface area contributed by atoms with Crippen LogP contribution in [-0.4, -0.2) is 29.9 Å². The van der Waals surface area contributed by atoms with Crippen LogP contribution in [-0.2, 0) is 0 Å². The highest BCUT2D eigenvalue weighted by molar-refractivity contribution is 5.95. The number of aryl methyl sites for hydroxylation is 2. The molecule has 1 atom stereocenters. The third-order valence-corrected chi connectivity index (χ3v) is 4.95. The molecule has 1 amide bonds. The lowest BCUT2D eigenvalue weighted by Gasteiger charge is -2.23. The van der Waals surface area contributed by atoms with Gasteiger partial charge in [0.1, 0.15) is 5.82 Å². The normalized spacial score (nSPS) is 17.3. The number of rotatable bonds is 3. The van der Waals surface area contributed by atoms with E-state index in [0.29, 0.717) is 13.1 Å². The summed E-state index contributed by atoms with van der Waals surface area (Å²) < 4.78 is 14.6. The highest BCUT2D eigenvalue weighted by Gasteiger charge is 2.29. The van der Waals surface area contributed by atoms with Gasteiger partial charge in [0.2, 0.25) is 0 Å². The van der Waals surface area contributed by atoms with Gasteiger partial charge in [-0.3, -0.25) is 4.79 Å². The quantitative estimate of drug-likeness (QED) is 0.935. The maximum Gasteiger partial charge on any atom is 0.257 e. The Balaban J connectivity index is 1.89. The first-order valence-corrected chi connectivity index (χ1v) is 8.39. The van der Waals surface area contributed by atoms with Crippen LogP contribution in [0.15, 0.2) is 36.4 Å². The Labute approximate surface area is 142 Å². The molecule has 2 aromatic rings. The van der Waals surface area contributed by atoms with Gasteiger partial charge >= 0.3 is 0 Å². The average Bonchev–Trinajstić information content (AvgIpc) is 3.05. The fourth-order valence-corrected chi connectivity index (χ4v) is 3.29. The molecule has 3 rings (SSSR count). The first-order valence-electron chi connectivity index (χ1n) is 8.39. The zero-order chi connectivity index (χ0) is 17.3. The van der Waals surface area contributed by atoms with Crippen molar-refractivity contribution in [3.63, 3.8) is 0 Å². The molecule has 2 aromatic carbocycles. The Morgan fingerprint density at radius 3 is 2.54 bits per heavy atom. The molecule has 0 aliphatic carbocycles. The fourth-order valence-electron chi connectivity index (χ4n) is 3.29. The number of benzene rings is 2.